The minimum absolute atomic E-state index is 0.0120. The standard InChI is InChI=1S/C14H21NO5S2/c1-11-3-4-12(2)14(9-11)22(19,20)15(6-7-16)13-5-8-21(17,18)10-13/h3-4,9,13,16H,5-8,10H2,1-2H3/t13-/m1/s1. The molecule has 0 bridgehead atoms. The lowest BCUT2D eigenvalue weighted by atomic mass is 10.2. The van der Waals surface area contributed by atoms with E-state index in [-0.39, 0.29) is 36.0 Å². The Bertz CT molecular complexity index is 755. The first-order valence-corrected chi connectivity index (χ1v) is 10.3. The second kappa shape index (κ2) is 6.27. The number of benzene rings is 1. The summed E-state index contributed by atoms with van der Waals surface area (Å²) >= 11 is 0. The number of nitrogens with zero attached hydrogens (tertiary/aromatic N) is 1. The number of hydrogen-bond donors (Lipinski definition) is 1. The van der Waals surface area contributed by atoms with Gasteiger partial charge < -0.3 is 5.11 Å². The molecule has 1 aromatic rings. The molecule has 0 unspecified atom stereocenters. The van der Waals surface area contributed by atoms with Crippen LogP contribution < -0.4 is 0 Å². The van der Waals surface area contributed by atoms with E-state index in [0.717, 1.165) is 9.87 Å². The third kappa shape index (κ3) is 3.51. The summed E-state index contributed by atoms with van der Waals surface area (Å²) in [5.41, 5.74) is 1.42. The van der Waals surface area contributed by atoms with Gasteiger partial charge in [-0.1, -0.05) is 12.1 Å². The van der Waals surface area contributed by atoms with Crippen molar-refractivity contribution in [3.05, 3.63) is 29.3 Å². The van der Waals surface area contributed by atoms with Gasteiger partial charge in [0.1, 0.15) is 0 Å². The van der Waals surface area contributed by atoms with Crippen LogP contribution >= 0.6 is 0 Å². The number of hydrogen-bond acceptors (Lipinski definition) is 5. The van der Waals surface area contributed by atoms with Gasteiger partial charge in [-0.15, -0.1) is 0 Å². The quantitative estimate of drug-likeness (QED) is 0.836. The lowest BCUT2D eigenvalue weighted by Crippen LogP contribution is -2.43. The van der Waals surface area contributed by atoms with E-state index in [9.17, 15) is 21.9 Å². The third-order valence-corrected chi connectivity index (χ3v) is 7.71. The molecule has 1 aliphatic heterocycles. The molecule has 22 heavy (non-hydrogen) atoms. The van der Waals surface area contributed by atoms with Crippen molar-refractivity contribution < 1.29 is 21.9 Å². The van der Waals surface area contributed by atoms with Gasteiger partial charge in [-0.2, -0.15) is 4.31 Å². The van der Waals surface area contributed by atoms with Gasteiger partial charge in [0.2, 0.25) is 10.0 Å². The summed E-state index contributed by atoms with van der Waals surface area (Å²) < 4.78 is 50.3. The Hall–Kier alpha value is -0.960. The van der Waals surface area contributed by atoms with E-state index < -0.39 is 25.9 Å². The topological polar surface area (TPSA) is 91.8 Å². The molecule has 2 rings (SSSR count). The van der Waals surface area contributed by atoms with Crippen LogP contribution in [0.15, 0.2) is 23.1 Å². The Morgan fingerprint density at radius 1 is 1.32 bits per heavy atom. The van der Waals surface area contributed by atoms with E-state index in [1.165, 1.54) is 0 Å². The average molecular weight is 347 g/mol. The molecule has 0 saturated carbocycles. The van der Waals surface area contributed by atoms with Crippen molar-refractivity contribution in [2.24, 2.45) is 0 Å². The van der Waals surface area contributed by atoms with Gasteiger partial charge in [-0.25, -0.2) is 16.8 Å². The van der Waals surface area contributed by atoms with Crippen molar-refractivity contribution in [2.45, 2.75) is 31.2 Å². The highest BCUT2D eigenvalue weighted by atomic mass is 32.2. The molecular weight excluding hydrogens is 326 g/mol. The maximum atomic E-state index is 12.9. The smallest absolute Gasteiger partial charge is 0.243 e. The SMILES string of the molecule is Cc1ccc(C)c(S(=O)(=O)N(CCO)[C@@H]2CCS(=O)(=O)C2)c1. The molecule has 1 N–H and O–H groups in total. The number of aliphatic hydroxyl groups is 1. The highest BCUT2D eigenvalue weighted by Gasteiger charge is 2.38. The van der Waals surface area contributed by atoms with Gasteiger partial charge >= 0.3 is 0 Å². The molecule has 0 aromatic heterocycles. The zero-order valence-corrected chi connectivity index (χ0v) is 14.3. The van der Waals surface area contributed by atoms with Crippen LogP contribution in [0.3, 0.4) is 0 Å². The number of aryl methyl sites for hydroxylation is 2. The molecule has 0 spiro atoms. The molecule has 0 aliphatic carbocycles. The number of sulfonamides is 1. The van der Waals surface area contributed by atoms with Crippen molar-refractivity contribution in [3.63, 3.8) is 0 Å². The second-order valence-corrected chi connectivity index (χ2v) is 9.75. The normalized spacial score (nSPS) is 21.4. The predicted octanol–water partition coefficient (Wildman–Crippen LogP) is 0.474. The van der Waals surface area contributed by atoms with E-state index in [1.807, 2.05) is 6.07 Å². The van der Waals surface area contributed by atoms with Gasteiger partial charge in [-0.05, 0) is 37.5 Å². The molecule has 8 heteroatoms. The van der Waals surface area contributed by atoms with Crippen molar-refractivity contribution in [3.8, 4) is 0 Å². The summed E-state index contributed by atoms with van der Waals surface area (Å²) in [4.78, 5) is 0.172. The van der Waals surface area contributed by atoms with Gasteiger partial charge in [0.25, 0.3) is 0 Å². The second-order valence-electron chi connectivity index (χ2n) is 5.67. The van der Waals surface area contributed by atoms with E-state index in [0.29, 0.717) is 5.56 Å². The van der Waals surface area contributed by atoms with Crippen molar-refractivity contribution in [2.75, 3.05) is 24.7 Å². The molecule has 1 atom stereocenters. The fourth-order valence-electron chi connectivity index (χ4n) is 2.71. The minimum atomic E-state index is -3.84. The van der Waals surface area contributed by atoms with E-state index in [2.05, 4.69) is 0 Å². The average Bonchev–Trinajstić information content (AvgIpc) is 2.78. The Labute approximate surface area is 131 Å². The Kier molecular flexibility index (Phi) is 4.96. The van der Waals surface area contributed by atoms with Gasteiger partial charge in [-0.3, -0.25) is 0 Å². The summed E-state index contributed by atoms with van der Waals surface area (Å²) in [5.74, 6) is -0.195. The summed E-state index contributed by atoms with van der Waals surface area (Å²) in [5, 5.41) is 9.21. The summed E-state index contributed by atoms with van der Waals surface area (Å²) in [7, 11) is -7.05. The lowest BCUT2D eigenvalue weighted by molar-refractivity contribution is 0.232. The minimum Gasteiger partial charge on any atom is -0.395 e. The first kappa shape index (κ1) is 17.4. The number of sulfone groups is 1. The maximum Gasteiger partial charge on any atom is 0.243 e. The highest BCUT2D eigenvalue weighted by Crippen LogP contribution is 2.27. The van der Waals surface area contributed by atoms with Gasteiger partial charge in [0.15, 0.2) is 9.84 Å². The zero-order valence-electron chi connectivity index (χ0n) is 12.7. The molecule has 1 heterocycles. The largest absolute Gasteiger partial charge is 0.395 e. The Morgan fingerprint density at radius 2 is 2.00 bits per heavy atom. The van der Waals surface area contributed by atoms with Crippen molar-refractivity contribution in [1.29, 1.82) is 0 Å². The van der Waals surface area contributed by atoms with Crippen LogP contribution in [-0.2, 0) is 19.9 Å². The first-order chi connectivity index (χ1) is 10.2. The first-order valence-electron chi connectivity index (χ1n) is 7.08. The van der Waals surface area contributed by atoms with Crippen LogP contribution in [-0.4, -0.2) is 56.9 Å². The van der Waals surface area contributed by atoms with Crippen LogP contribution in [0.1, 0.15) is 17.5 Å². The molecule has 0 radical (unpaired) electrons. The van der Waals surface area contributed by atoms with Crippen LogP contribution in [0, 0.1) is 13.8 Å². The van der Waals surface area contributed by atoms with Crippen LogP contribution in [0.2, 0.25) is 0 Å². The summed E-state index contributed by atoms with van der Waals surface area (Å²) in [6.07, 6.45) is 0.270. The molecule has 6 nitrogen and oxygen atoms in total. The molecule has 1 fully saturated rings. The maximum absolute atomic E-state index is 12.9. The summed E-state index contributed by atoms with van der Waals surface area (Å²) in [6, 6.07) is 4.52. The fourth-order valence-corrected chi connectivity index (χ4v) is 6.49. The van der Waals surface area contributed by atoms with Gasteiger partial charge in [0, 0.05) is 12.6 Å². The van der Waals surface area contributed by atoms with E-state index in [4.69, 9.17) is 0 Å². The molecule has 1 aromatic carbocycles. The molecule has 0 amide bonds. The van der Waals surface area contributed by atoms with Crippen LogP contribution in [0.4, 0.5) is 0 Å². The monoisotopic (exact) mass is 347 g/mol. The number of aliphatic hydroxyl groups excluding tert-OH is 1. The Balaban J connectivity index is 2.45. The van der Waals surface area contributed by atoms with Crippen molar-refractivity contribution >= 4 is 19.9 Å². The molecular formula is C14H21NO5S2. The number of rotatable bonds is 5. The zero-order chi connectivity index (χ0) is 16.5. The fraction of sp³-hybridized carbons (Fsp3) is 0.571. The van der Waals surface area contributed by atoms with E-state index >= 15 is 0 Å². The van der Waals surface area contributed by atoms with Gasteiger partial charge in [0.05, 0.1) is 23.0 Å². The predicted molar refractivity (Wildman–Crippen MR) is 84.0 cm³/mol. The van der Waals surface area contributed by atoms with Crippen LogP contribution in [0.25, 0.3) is 0 Å². The van der Waals surface area contributed by atoms with E-state index in [1.54, 1.807) is 26.0 Å². The Morgan fingerprint density at radius 3 is 2.55 bits per heavy atom. The summed E-state index contributed by atoms with van der Waals surface area (Å²) in [6.45, 7) is 3.06. The van der Waals surface area contributed by atoms with Crippen LogP contribution in [0.5, 0.6) is 0 Å². The van der Waals surface area contributed by atoms with Crippen molar-refractivity contribution in [1.82, 2.24) is 4.31 Å². The lowest BCUT2D eigenvalue weighted by Gasteiger charge is -2.27. The highest BCUT2D eigenvalue weighted by molar-refractivity contribution is 7.92. The molecule has 1 saturated heterocycles. The molecule has 124 valence electrons. The molecule has 1 aliphatic rings. The third-order valence-electron chi connectivity index (χ3n) is 3.87.